The van der Waals surface area contributed by atoms with Gasteiger partial charge in [0.05, 0.1) is 17.4 Å². The molecule has 2 N–H and O–H groups in total. The van der Waals surface area contributed by atoms with Crippen molar-refractivity contribution in [3.63, 3.8) is 0 Å². The predicted octanol–water partition coefficient (Wildman–Crippen LogP) is 2.33. The molecule has 9 nitrogen and oxygen atoms in total. The molecule has 3 aliphatic rings. The van der Waals surface area contributed by atoms with Crippen LogP contribution in [-0.2, 0) is 5.54 Å². The number of carbonyl (C=O) groups excluding carboxylic acids is 1. The van der Waals surface area contributed by atoms with Crippen molar-refractivity contribution in [1.29, 1.82) is 0 Å². The number of nitrogens with one attached hydrogen (secondary N) is 2. The Bertz CT molecular complexity index is 1160. The van der Waals surface area contributed by atoms with Gasteiger partial charge >= 0.3 is 0 Å². The Morgan fingerprint density at radius 1 is 1.06 bits per heavy atom. The molecule has 6 rings (SSSR count). The molecule has 0 bridgehead atoms. The van der Waals surface area contributed by atoms with Crippen molar-refractivity contribution in [2.75, 3.05) is 50.0 Å². The summed E-state index contributed by atoms with van der Waals surface area (Å²) in [6.07, 6.45) is 8.18. The van der Waals surface area contributed by atoms with Gasteiger partial charge in [-0.15, -0.1) is 0 Å². The molecule has 1 saturated carbocycles. The number of pyridine rings is 1. The van der Waals surface area contributed by atoms with E-state index in [-0.39, 0.29) is 11.4 Å². The number of hydrogen-bond donors (Lipinski definition) is 2. The average Bonchev–Trinajstić information content (AvgIpc) is 3.43. The van der Waals surface area contributed by atoms with Gasteiger partial charge in [-0.05, 0) is 38.1 Å². The van der Waals surface area contributed by atoms with Gasteiger partial charge in [-0.1, -0.05) is 12.8 Å². The van der Waals surface area contributed by atoms with E-state index in [2.05, 4.69) is 48.1 Å². The molecule has 9 heteroatoms. The van der Waals surface area contributed by atoms with Gasteiger partial charge < -0.3 is 25.0 Å². The smallest absolute Gasteiger partial charge is 0.268 e. The van der Waals surface area contributed by atoms with Crippen molar-refractivity contribution in [2.45, 2.75) is 31.2 Å². The van der Waals surface area contributed by atoms with E-state index in [4.69, 9.17) is 4.98 Å². The normalized spacial score (nSPS) is 20.5. The molecule has 1 amide bonds. The van der Waals surface area contributed by atoms with Gasteiger partial charge in [0.1, 0.15) is 17.2 Å². The first-order chi connectivity index (χ1) is 15.6. The van der Waals surface area contributed by atoms with Crippen LogP contribution in [0.2, 0.25) is 0 Å². The molecular formula is C23H28N8O. The van der Waals surface area contributed by atoms with Crippen LogP contribution in [0.25, 0.3) is 11.0 Å². The lowest BCUT2D eigenvalue weighted by Crippen LogP contribution is -2.50. The van der Waals surface area contributed by atoms with Crippen LogP contribution in [0.5, 0.6) is 0 Å². The van der Waals surface area contributed by atoms with E-state index in [0.717, 1.165) is 55.7 Å². The number of aromatic nitrogens is 4. The highest BCUT2D eigenvalue weighted by Crippen LogP contribution is 2.41. The second kappa shape index (κ2) is 7.44. The van der Waals surface area contributed by atoms with E-state index in [1.54, 1.807) is 6.20 Å². The number of piperazine rings is 1. The van der Waals surface area contributed by atoms with Crippen LogP contribution in [0.4, 0.5) is 17.5 Å². The summed E-state index contributed by atoms with van der Waals surface area (Å²) in [6.45, 7) is 4.83. The topological polar surface area (TPSA) is 91.2 Å². The third-order valence-electron chi connectivity index (χ3n) is 7.22. The van der Waals surface area contributed by atoms with Crippen molar-refractivity contribution >= 4 is 34.4 Å². The van der Waals surface area contributed by atoms with Crippen LogP contribution in [0.15, 0.2) is 30.6 Å². The van der Waals surface area contributed by atoms with E-state index < -0.39 is 0 Å². The van der Waals surface area contributed by atoms with Crippen LogP contribution < -0.4 is 15.5 Å². The number of amides is 1. The standard InChI is InChI=1S/C23H28N8O/c1-29-8-10-30(11-9-29)17-4-5-19(24-14-17)27-22-25-13-16-12-18-21(32)26-15-23(6-2-3-7-23)31(18)20(16)28-22/h4-5,12-14H,2-3,6-11,15H2,1H3,(H,26,32)(H,24,25,27,28). The molecule has 2 fully saturated rings. The largest absolute Gasteiger partial charge is 0.368 e. The summed E-state index contributed by atoms with van der Waals surface area (Å²) in [6, 6.07) is 5.98. The Balaban J connectivity index is 1.28. The Morgan fingerprint density at radius 3 is 2.62 bits per heavy atom. The van der Waals surface area contributed by atoms with Gasteiger partial charge in [0.25, 0.3) is 5.91 Å². The van der Waals surface area contributed by atoms with Crippen LogP contribution in [-0.4, -0.2) is 70.1 Å². The van der Waals surface area contributed by atoms with Gasteiger partial charge in [0.2, 0.25) is 5.95 Å². The maximum atomic E-state index is 12.5. The monoisotopic (exact) mass is 432 g/mol. The maximum Gasteiger partial charge on any atom is 0.268 e. The van der Waals surface area contributed by atoms with E-state index in [9.17, 15) is 4.79 Å². The molecule has 3 aromatic rings. The second-order valence-corrected chi connectivity index (χ2v) is 9.27. The van der Waals surface area contributed by atoms with Gasteiger partial charge in [0.15, 0.2) is 0 Å². The van der Waals surface area contributed by atoms with E-state index in [0.29, 0.717) is 24.0 Å². The lowest BCUT2D eigenvalue weighted by atomic mass is 9.94. The van der Waals surface area contributed by atoms with Crippen LogP contribution in [0, 0.1) is 0 Å². The van der Waals surface area contributed by atoms with E-state index in [1.807, 2.05) is 18.3 Å². The molecule has 1 spiro atoms. The fourth-order valence-electron chi connectivity index (χ4n) is 5.37. The molecule has 0 unspecified atom stereocenters. The van der Waals surface area contributed by atoms with Crippen LogP contribution in [0.1, 0.15) is 36.2 Å². The van der Waals surface area contributed by atoms with E-state index in [1.165, 1.54) is 12.8 Å². The summed E-state index contributed by atoms with van der Waals surface area (Å²) < 4.78 is 2.17. The highest BCUT2D eigenvalue weighted by molar-refractivity contribution is 5.99. The fourth-order valence-corrected chi connectivity index (χ4v) is 5.37. The Kier molecular flexibility index (Phi) is 4.53. The molecule has 0 atom stereocenters. The van der Waals surface area contributed by atoms with Crippen molar-refractivity contribution in [1.82, 2.24) is 29.7 Å². The van der Waals surface area contributed by atoms with Gasteiger partial charge in [0, 0.05) is 44.3 Å². The highest BCUT2D eigenvalue weighted by Gasteiger charge is 2.42. The van der Waals surface area contributed by atoms with Gasteiger partial charge in [-0.25, -0.2) is 9.97 Å². The first kappa shape index (κ1) is 19.5. The minimum atomic E-state index is -0.0704. The SMILES string of the molecule is CN1CCN(c2ccc(Nc3ncc4cc5n(c4n3)C3(CCCC3)CNC5=O)nc2)CC1. The number of fused-ring (bicyclic) bond motifs is 4. The predicted molar refractivity (Wildman–Crippen MR) is 124 cm³/mol. The minimum absolute atomic E-state index is 0.0313. The number of rotatable bonds is 3. The molecule has 3 aromatic heterocycles. The first-order valence-electron chi connectivity index (χ1n) is 11.5. The molecule has 5 heterocycles. The van der Waals surface area contributed by atoms with Crippen molar-refractivity contribution in [3.8, 4) is 0 Å². The number of carbonyl (C=O) groups is 1. The first-order valence-corrected chi connectivity index (χ1v) is 11.5. The molecule has 0 radical (unpaired) electrons. The molecule has 0 aromatic carbocycles. The van der Waals surface area contributed by atoms with Crippen LogP contribution >= 0.6 is 0 Å². The minimum Gasteiger partial charge on any atom is -0.368 e. The second-order valence-electron chi connectivity index (χ2n) is 9.27. The zero-order valence-corrected chi connectivity index (χ0v) is 18.3. The molecule has 166 valence electrons. The van der Waals surface area contributed by atoms with Crippen molar-refractivity contribution < 1.29 is 4.79 Å². The van der Waals surface area contributed by atoms with Gasteiger partial charge in [-0.3, -0.25) is 4.79 Å². The summed E-state index contributed by atoms with van der Waals surface area (Å²) >= 11 is 0. The Labute approximate surface area is 186 Å². The quantitative estimate of drug-likeness (QED) is 0.656. The summed E-state index contributed by atoms with van der Waals surface area (Å²) in [5, 5.41) is 7.22. The lowest BCUT2D eigenvalue weighted by Gasteiger charge is -2.37. The highest BCUT2D eigenvalue weighted by atomic mass is 16.2. The molecule has 1 saturated heterocycles. The van der Waals surface area contributed by atoms with Gasteiger partial charge in [-0.2, -0.15) is 4.98 Å². The molecule has 2 aliphatic heterocycles. The number of likely N-dealkylation sites (N-methyl/N-ethyl adjacent to an activating group) is 1. The zero-order chi connectivity index (χ0) is 21.7. The van der Waals surface area contributed by atoms with Crippen LogP contribution in [0.3, 0.4) is 0 Å². The molecule has 32 heavy (non-hydrogen) atoms. The summed E-state index contributed by atoms with van der Waals surface area (Å²) in [4.78, 5) is 31.1. The maximum absolute atomic E-state index is 12.5. The zero-order valence-electron chi connectivity index (χ0n) is 18.3. The Hall–Kier alpha value is -3.20. The number of anilines is 3. The third-order valence-corrected chi connectivity index (χ3v) is 7.22. The molecular weight excluding hydrogens is 404 g/mol. The Morgan fingerprint density at radius 2 is 1.88 bits per heavy atom. The van der Waals surface area contributed by atoms with E-state index >= 15 is 0 Å². The molecule has 1 aliphatic carbocycles. The number of hydrogen-bond acceptors (Lipinski definition) is 7. The van der Waals surface area contributed by atoms with Crippen molar-refractivity contribution in [3.05, 3.63) is 36.3 Å². The lowest BCUT2D eigenvalue weighted by molar-refractivity contribution is 0.0876. The third kappa shape index (κ3) is 3.19. The average molecular weight is 433 g/mol. The summed E-state index contributed by atoms with van der Waals surface area (Å²) in [7, 11) is 2.16. The van der Waals surface area contributed by atoms with Crippen molar-refractivity contribution in [2.24, 2.45) is 0 Å². The summed E-state index contributed by atoms with van der Waals surface area (Å²) in [5.74, 6) is 1.18. The number of nitrogens with zero attached hydrogens (tertiary/aromatic N) is 6. The fraction of sp³-hybridized carbons (Fsp3) is 0.478. The summed E-state index contributed by atoms with van der Waals surface area (Å²) in [5.41, 5.74) is 2.58.